The fourth-order valence-electron chi connectivity index (χ4n) is 11.7. The summed E-state index contributed by atoms with van der Waals surface area (Å²) in [6, 6.07) is 22.7. The van der Waals surface area contributed by atoms with E-state index in [2.05, 4.69) is 46.2 Å². The second-order valence-electron chi connectivity index (χ2n) is 21.2. The van der Waals surface area contributed by atoms with Gasteiger partial charge in [0.2, 0.25) is 11.8 Å². The van der Waals surface area contributed by atoms with E-state index in [-0.39, 0.29) is 84.9 Å². The first-order valence-electron chi connectivity index (χ1n) is 26.7. The van der Waals surface area contributed by atoms with E-state index in [1.54, 1.807) is 35.8 Å². The molecular formula is C58H72F2N6O8. The lowest BCUT2D eigenvalue weighted by Crippen LogP contribution is -2.44. The number of hydrogen-bond acceptors (Lipinski definition) is 10. The zero-order valence-corrected chi connectivity index (χ0v) is 43.0. The van der Waals surface area contributed by atoms with Crippen LogP contribution in [0.1, 0.15) is 93.6 Å². The summed E-state index contributed by atoms with van der Waals surface area (Å²) in [4.78, 5) is 61.5. The minimum absolute atomic E-state index is 0.0739. The molecule has 0 spiro atoms. The molecule has 16 heteroatoms. The van der Waals surface area contributed by atoms with E-state index in [1.165, 1.54) is 34.4 Å². The number of aliphatic hydroxyl groups is 2. The first-order chi connectivity index (χ1) is 35.7. The van der Waals surface area contributed by atoms with Gasteiger partial charge in [0.15, 0.2) is 0 Å². The summed E-state index contributed by atoms with van der Waals surface area (Å²) in [5.74, 6) is 0.0134. The third kappa shape index (κ3) is 13.1. The van der Waals surface area contributed by atoms with Gasteiger partial charge in [0.05, 0.1) is 36.4 Å². The Morgan fingerprint density at radius 1 is 0.554 bits per heavy atom. The Labute approximate surface area is 433 Å². The molecule has 6 aliphatic heterocycles. The van der Waals surface area contributed by atoms with Gasteiger partial charge >= 0.3 is 0 Å². The molecule has 0 saturated carbocycles. The van der Waals surface area contributed by atoms with Gasteiger partial charge in [-0.2, -0.15) is 0 Å². The number of hydrogen-bond donors (Lipinski definition) is 2. The van der Waals surface area contributed by atoms with Gasteiger partial charge in [-0.15, -0.1) is 0 Å². The van der Waals surface area contributed by atoms with Crippen LogP contribution in [0.4, 0.5) is 8.78 Å². The molecule has 0 unspecified atom stereocenters. The molecule has 0 bridgehead atoms. The summed E-state index contributed by atoms with van der Waals surface area (Å²) >= 11 is 0. The van der Waals surface area contributed by atoms with Gasteiger partial charge in [-0.1, -0.05) is 48.5 Å². The number of aliphatic hydroxyl groups excluding tert-OH is 2. The first kappa shape index (κ1) is 52.9. The van der Waals surface area contributed by atoms with Gasteiger partial charge in [0, 0.05) is 105 Å². The number of carbonyl (C=O) groups is 4. The zero-order valence-electron chi connectivity index (χ0n) is 43.0. The van der Waals surface area contributed by atoms with Crippen LogP contribution in [0.5, 0.6) is 11.5 Å². The maximum absolute atomic E-state index is 15.0. The summed E-state index contributed by atoms with van der Waals surface area (Å²) < 4.78 is 41.4. The number of piperidine rings is 2. The number of halogens is 2. The molecule has 2 atom stereocenters. The van der Waals surface area contributed by atoms with Crippen LogP contribution in [0.25, 0.3) is 0 Å². The SMILES string of the molecule is CC(=O)N1CCC(Cc2cc3c(cc2F)OCCN(C[C@@H](O)CN2CCc4ccccc4C2)C3=O)CC1.CC(=O)N1CCC(Cc2cc3c(cc2F)OCCN(C[C@H](O)CN2CCc4ccccc4C2)C3=O)CC1. The van der Waals surface area contributed by atoms with Gasteiger partial charge in [-0.05, 0) is 109 Å². The number of carbonyl (C=O) groups excluding carboxylic acids is 4. The molecule has 0 aliphatic carbocycles. The van der Waals surface area contributed by atoms with Gasteiger partial charge < -0.3 is 39.3 Å². The maximum atomic E-state index is 15.0. The Bertz CT molecular complexity index is 2470. The van der Waals surface area contributed by atoms with Crippen molar-refractivity contribution in [3.8, 4) is 11.5 Å². The summed E-state index contributed by atoms with van der Waals surface area (Å²) in [5, 5.41) is 21.7. The predicted molar refractivity (Wildman–Crippen MR) is 276 cm³/mol. The Balaban J connectivity index is 0.000000182. The normalized spacial score (nSPS) is 19.6. The van der Waals surface area contributed by atoms with Crippen molar-refractivity contribution in [1.82, 2.24) is 29.4 Å². The van der Waals surface area contributed by atoms with Crippen molar-refractivity contribution >= 4 is 23.6 Å². The predicted octanol–water partition coefficient (Wildman–Crippen LogP) is 5.76. The number of likely N-dealkylation sites (tertiary alicyclic amines) is 2. The van der Waals surface area contributed by atoms with Crippen molar-refractivity contribution in [3.05, 3.63) is 129 Å². The zero-order chi connectivity index (χ0) is 51.9. The van der Waals surface area contributed by atoms with Crippen LogP contribution in [-0.2, 0) is 48.4 Å². The third-order valence-corrected chi connectivity index (χ3v) is 15.9. The highest BCUT2D eigenvalue weighted by Crippen LogP contribution is 2.33. The van der Waals surface area contributed by atoms with Gasteiger partial charge in [0.1, 0.15) is 36.3 Å². The quantitative estimate of drug-likeness (QED) is 0.180. The Morgan fingerprint density at radius 2 is 0.932 bits per heavy atom. The maximum Gasteiger partial charge on any atom is 0.257 e. The van der Waals surface area contributed by atoms with Crippen LogP contribution in [0.15, 0.2) is 72.8 Å². The van der Waals surface area contributed by atoms with Crippen molar-refractivity contribution in [2.45, 2.75) is 90.5 Å². The molecule has 4 aromatic rings. The number of nitrogens with zero attached hydrogens (tertiary/aromatic N) is 6. The largest absolute Gasteiger partial charge is 0.491 e. The van der Waals surface area contributed by atoms with Crippen LogP contribution in [-0.4, -0.2) is 167 Å². The van der Waals surface area contributed by atoms with Crippen LogP contribution in [0.3, 0.4) is 0 Å². The third-order valence-electron chi connectivity index (χ3n) is 15.9. The molecule has 74 heavy (non-hydrogen) atoms. The average Bonchev–Trinajstić information content (AvgIpc) is 3.63. The van der Waals surface area contributed by atoms with Gasteiger partial charge in [0.25, 0.3) is 11.8 Å². The molecule has 4 aromatic carbocycles. The number of amides is 4. The Kier molecular flexibility index (Phi) is 17.3. The monoisotopic (exact) mass is 1020 g/mol. The Morgan fingerprint density at radius 3 is 1.31 bits per heavy atom. The lowest BCUT2D eigenvalue weighted by molar-refractivity contribution is -0.131. The molecule has 4 amide bonds. The molecule has 2 saturated heterocycles. The standard InChI is InChI=1S/2C29H36FN3O4/c2*1-20(34)32-10-6-21(7-11-32)14-24-15-26-28(16-27(24)30)37-13-12-33(29(26)36)19-25(35)18-31-9-8-22-4-2-3-5-23(22)17-31/h2*2-5,15-16,21,25,35H,6-14,17-19H2,1H3/t2*25-/m10/s1. The first-order valence-corrected chi connectivity index (χ1v) is 26.7. The number of rotatable bonds is 12. The number of fused-ring (bicyclic) bond motifs is 4. The van der Waals surface area contributed by atoms with E-state index in [0.717, 1.165) is 64.7 Å². The molecule has 0 radical (unpaired) electrons. The number of ether oxygens (including phenoxy) is 2. The van der Waals surface area contributed by atoms with E-state index in [0.29, 0.717) is 87.5 Å². The number of benzene rings is 4. The average molecular weight is 1020 g/mol. The van der Waals surface area contributed by atoms with Gasteiger partial charge in [-0.3, -0.25) is 29.0 Å². The highest BCUT2D eigenvalue weighted by Gasteiger charge is 2.32. The van der Waals surface area contributed by atoms with Crippen molar-refractivity contribution in [2.75, 3.05) is 91.8 Å². The molecule has 0 aromatic heterocycles. The highest BCUT2D eigenvalue weighted by atomic mass is 19.1. The van der Waals surface area contributed by atoms with Crippen LogP contribution in [0, 0.1) is 23.5 Å². The second kappa shape index (κ2) is 24.2. The number of β-amino-alcohol motifs (C(OH)–C–C–N with tert-alkyl or cyclic N) is 2. The van der Waals surface area contributed by atoms with Crippen molar-refractivity contribution < 1.29 is 47.6 Å². The molecule has 10 rings (SSSR count). The van der Waals surface area contributed by atoms with E-state index in [1.807, 2.05) is 21.9 Å². The minimum Gasteiger partial charge on any atom is -0.491 e. The smallest absolute Gasteiger partial charge is 0.257 e. The van der Waals surface area contributed by atoms with E-state index < -0.39 is 12.2 Å². The topological polar surface area (TPSA) is 147 Å². The molecular weight excluding hydrogens is 947 g/mol. The molecule has 6 aliphatic rings. The fourth-order valence-corrected chi connectivity index (χ4v) is 11.7. The lowest BCUT2D eigenvalue weighted by atomic mass is 9.89. The molecule has 396 valence electrons. The van der Waals surface area contributed by atoms with E-state index in [9.17, 15) is 38.2 Å². The van der Waals surface area contributed by atoms with Crippen LogP contribution in [0.2, 0.25) is 0 Å². The minimum atomic E-state index is -0.692. The summed E-state index contributed by atoms with van der Waals surface area (Å²) in [7, 11) is 0. The van der Waals surface area contributed by atoms with Crippen LogP contribution >= 0.6 is 0 Å². The molecule has 2 fully saturated rings. The summed E-state index contributed by atoms with van der Waals surface area (Å²) in [6.07, 6.45) is 4.85. The Hall–Kier alpha value is -5.94. The molecule has 2 N–H and O–H groups in total. The van der Waals surface area contributed by atoms with E-state index in [4.69, 9.17) is 9.47 Å². The summed E-state index contributed by atoms with van der Waals surface area (Å²) in [5.41, 5.74) is 7.02. The summed E-state index contributed by atoms with van der Waals surface area (Å²) in [6.45, 7) is 11.8. The highest BCUT2D eigenvalue weighted by molar-refractivity contribution is 5.98. The van der Waals surface area contributed by atoms with Crippen molar-refractivity contribution in [2.24, 2.45) is 11.8 Å². The van der Waals surface area contributed by atoms with Crippen molar-refractivity contribution in [3.63, 3.8) is 0 Å². The van der Waals surface area contributed by atoms with E-state index >= 15 is 0 Å². The van der Waals surface area contributed by atoms with Crippen LogP contribution < -0.4 is 9.47 Å². The van der Waals surface area contributed by atoms with Crippen molar-refractivity contribution in [1.29, 1.82) is 0 Å². The second-order valence-corrected chi connectivity index (χ2v) is 21.2. The van der Waals surface area contributed by atoms with Gasteiger partial charge in [-0.25, -0.2) is 8.78 Å². The fraction of sp³-hybridized carbons (Fsp3) is 0.517. The molecule has 14 nitrogen and oxygen atoms in total. The lowest BCUT2D eigenvalue weighted by Gasteiger charge is -2.32. The molecule has 6 heterocycles.